The fourth-order valence-corrected chi connectivity index (χ4v) is 0.641. The van der Waals surface area contributed by atoms with E-state index >= 15 is 0 Å². The van der Waals surface area contributed by atoms with Gasteiger partial charge in [-0.15, -0.1) is 0 Å². The summed E-state index contributed by atoms with van der Waals surface area (Å²) in [6.45, 7) is 9.83. The third-order valence-electron chi connectivity index (χ3n) is 1.25. The van der Waals surface area contributed by atoms with Gasteiger partial charge in [-0.25, -0.2) is 0 Å². The first kappa shape index (κ1) is 10.1. The lowest BCUT2D eigenvalue weighted by molar-refractivity contribution is 0.598. The van der Waals surface area contributed by atoms with Gasteiger partial charge in [0.25, 0.3) is 0 Å². The standard InChI is InChI=1S/C9H16N2/c1-6-11-8(7-10-5)9(2,3)4/h6-7H,1H2,2-5H3. The van der Waals surface area contributed by atoms with Gasteiger partial charge >= 0.3 is 0 Å². The van der Waals surface area contributed by atoms with Crippen molar-refractivity contribution < 1.29 is 0 Å². The average Bonchev–Trinajstić information content (AvgIpc) is 1.85. The number of rotatable bonds is 2. The molecule has 0 fully saturated rings. The summed E-state index contributed by atoms with van der Waals surface area (Å²) in [4.78, 5) is 8.03. The second-order valence-electron chi connectivity index (χ2n) is 3.33. The molecule has 0 aromatic heterocycles. The first-order chi connectivity index (χ1) is 5.02. The molecule has 62 valence electrons. The van der Waals surface area contributed by atoms with E-state index in [1.165, 1.54) is 0 Å². The van der Waals surface area contributed by atoms with Crippen molar-refractivity contribution in [3.05, 3.63) is 12.8 Å². The minimum absolute atomic E-state index is 0.0493. The molecule has 0 atom stereocenters. The van der Waals surface area contributed by atoms with E-state index in [-0.39, 0.29) is 5.41 Å². The molecule has 0 aliphatic rings. The SMILES string of the molecule is C=CN=C(C=NC)C(C)(C)C. The van der Waals surface area contributed by atoms with Crippen LogP contribution in [0.5, 0.6) is 0 Å². The Hall–Kier alpha value is -0.920. The Bertz CT molecular complexity index is 182. The normalized spacial score (nSPS) is 14.0. The first-order valence-corrected chi connectivity index (χ1v) is 3.63. The number of nitrogens with zero attached hydrogens (tertiary/aromatic N) is 2. The van der Waals surface area contributed by atoms with E-state index in [1.54, 1.807) is 19.5 Å². The fourth-order valence-electron chi connectivity index (χ4n) is 0.641. The van der Waals surface area contributed by atoms with Gasteiger partial charge in [0.2, 0.25) is 0 Å². The largest absolute Gasteiger partial charge is 0.295 e. The van der Waals surface area contributed by atoms with Crippen molar-refractivity contribution in [2.24, 2.45) is 15.4 Å². The summed E-state index contributed by atoms with van der Waals surface area (Å²) in [6.07, 6.45) is 3.31. The maximum atomic E-state index is 4.12. The molecule has 0 unspecified atom stereocenters. The summed E-state index contributed by atoms with van der Waals surface area (Å²) >= 11 is 0. The number of hydrogen-bond acceptors (Lipinski definition) is 2. The van der Waals surface area contributed by atoms with Gasteiger partial charge in [0, 0.05) is 24.9 Å². The monoisotopic (exact) mass is 152 g/mol. The molecule has 0 spiro atoms. The molecule has 0 bridgehead atoms. The highest BCUT2D eigenvalue weighted by Crippen LogP contribution is 2.14. The van der Waals surface area contributed by atoms with Crippen LogP contribution < -0.4 is 0 Å². The zero-order valence-electron chi connectivity index (χ0n) is 7.76. The smallest absolute Gasteiger partial charge is 0.0634 e. The number of hydrogen-bond donors (Lipinski definition) is 0. The highest BCUT2D eigenvalue weighted by Gasteiger charge is 2.15. The molecule has 0 radical (unpaired) electrons. The van der Waals surface area contributed by atoms with Gasteiger partial charge in [-0.05, 0) is 0 Å². The second kappa shape index (κ2) is 4.06. The van der Waals surface area contributed by atoms with E-state index in [1.807, 2.05) is 0 Å². The van der Waals surface area contributed by atoms with E-state index in [2.05, 4.69) is 37.3 Å². The predicted molar refractivity (Wildman–Crippen MR) is 51.5 cm³/mol. The lowest BCUT2D eigenvalue weighted by Crippen LogP contribution is -2.21. The zero-order chi connectivity index (χ0) is 8.91. The predicted octanol–water partition coefficient (Wildman–Crippen LogP) is 2.32. The van der Waals surface area contributed by atoms with Gasteiger partial charge in [0.15, 0.2) is 0 Å². The van der Waals surface area contributed by atoms with Gasteiger partial charge in [0.1, 0.15) is 0 Å². The topological polar surface area (TPSA) is 24.7 Å². The summed E-state index contributed by atoms with van der Waals surface area (Å²) in [7, 11) is 1.74. The van der Waals surface area contributed by atoms with Crippen molar-refractivity contribution in [2.45, 2.75) is 20.8 Å². The first-order valence-electron chi connectivity index (χ1n) is 3.63. The molecule has 0 saturated heterocycles. The van der Waals surface area contributed by atoms with Crippen molar-refractivity contribution >= 4 is 11.9 Å². The van der Waals surface area contributed by atoms with Crippen molar-refractivity contribution in [3.63, 3.8) is 0 Å². The summed E-state index contributed by atoms with van der Waals surface area (Å²) < 4.78 is 0. The third-order valence-corrected chi connectivity index (χ3v) is 1.25. The van der Waals surface area contributed by atoms with Crippen molar-refractivity contribution in [1.29, 1.82) is 0 Å². The third kappa shape index (κ3) is 3.71. The average molecular weight is 152 g/mol. The van der Waals surface area contributed by atoms with Crippen LogP contribution in [0.3, 0.4) is 0 Å². The van der Waals surface area contributed by atoms with Crippen molar-refractivity contribution in [3.8, 4) is 0 Å². The molecule has 0 heterocycles. The van der Waals surface area contributed by atoms with Crippen LogP contribution >= 0.6 is 0 Å². The fraction of sp³-hybridized carbons (Fsp3) is 0.556. The molecule has 0 aromatic rings. The maximum absolute atomic E-state index is 4.12. The zero-order valence-corrected chi connectivity index (χ0v) is 7.76. The van der Waals surface area contributed by atoms with Gasteiger partial charge < -0.3 is 0 Å². The molecule has 0 rings (SSSR count). The molecule has 0 amide bonds. The second-order valence-corrected chi connectivity index (χ2v) is 3.33. The Morgan fingerprint density at radius 3 is 2.18 bits per heavy atom. The van der Waals surface area contributed by atoms with Gasteiger partial charge in [0.05, 0.1) is 5.71 Å². The van der Waals surface area contributed by atoms with Gasteiger partial charge in [-0.2, -0.15) is 0 Å². The summed E-state index contributed by atoms with van der Waals surface area (Å²) in [5.41, 5.74) is 1.00. The quantitative estimate of drug-likeness (QED) is 0.542. The van der Waals surface area contributed by atoms with E-state index in [9.17, 15) is 0 Å². The minimum atomic E-state index is 0.0493. The molecule has 2 nitrogen and oxygen atoms in total. The van der Waals surface area contributed by atoms with Crippen LogP contribution in [0.4, 0.5) is 0 Å². The van der Waals surface area contributed by atoms with Crippen molar-refractivity contribution in [1.82, 2.24) is 0 Å². The van der Waals surface area contributed by atoms with Crippen LogP contribution in [0.15, 0.2) is 22.8 Å². The molecule has 0 aliphatic carbocycles. The molecular weight excluding hydrogens is 136 g/mol. The summed E-state index contributed by atoms with van der Waals surface area (Å²) in [6, 6.07) is 0. The van der Waals surface area contributed by atoms with Crippen LogP contribution in [-0.2, 0) is 0 Å². The van der Waals surface area contributed by atoms with Crippen molar-refractivity contribution in [2.75, 3.05) is 7.05 Å². The Labute approximate surface area is 68.8 Å². The Balaban J connectivity index is 4.61. The minimum Gasteiger partial charge on any atom is -0.295 e. The molecule has 0 aliphatic heterocycles. The summed E-state index contributed by atoms with van der Waals surface area (Å²) in [5, 5.41) is 0. The lowest BCUT2D eigenvalue weighted by atomic mass is 9.90. The van der Waals surface area contributed by atoms with E-state index in [4.69, 9.17) is 0 Å². The van der Waals surface area contributed by atoms with E-state index in [0.29, 0.717) is 0 Å². The molecule has 0 saturated carbocycles. The van der Waals surface area contributed by atoms with Crippen LogP contribution in [0.1, 0.15) is 20.8 Å². The molecular formula is C9H16N2. The molecule has 0 aromatic carbocycles. The van der Waals surface area contributed by atoms with Crippen LogP contribution in [0.2, 0.25) is 0 Å². The maximum Gasteiger partial charge on any atom is 0.0634 e. The Kier molecular flexibility index (Phi) is 3.72. The van der Waals surface area contributed by atoms with E-state index < -0.39 is 0 Å². The van der Waals surface area contributed by atoms with Crippen LogP contribution in [-0.4, -0.2) is 19.0 Å². The van der Waals surface area contributed by atoms with E-state index in [0.717, 1.165) is 5.71 Å². The lowest BCUT2D eigenvalue weighted by Gasteiger charge is -2.16. The highest BCUT2D eigenvalue weighted by atomic mass is 14.8. The van der Waals surface area contributed by atoms with Crippen LogP contribution in [0, 0.1) is 5.41 Å². The van der Waals surface area contributed by atoms with Gasteiger partial charge in [-0.1, -0.05) is 27.4 Å². The van der Waals surface area contributed by atoms with Gasteiger partial charge in [-0.3, -0.25) is 9.98 Å². The molecule has 11 heavy (non-hydrogen) atoms. The number of aliphatic imine (C=N–C) groups is 2. The summed E-state index contributed by atoms with van der Waals surface area (Å²) in [5.74, 6) is 0. The molecule has 2 heteroatoms. The van der Waals surface area contributed by atoms with Crippen LogP contribution in [0.25, 0.3) is 0 Å². The highest BCUT2D eigenvalue weighted by molar-refractivity contribution is 6.32. The molecule has 0 N–H and O–H groups in total. The Morgan fingerprint density at radius 1 is 1.36 bits per heavy atom. The Morgan fingerprint density at radius 2 is 1.91 bits per heavy atom.